The molecule has 1 heterocycles. The molecule has 1 fully saturated rings. The van der Waals surface area contributed by atoms with Crippen molar-refractivity contribution < 1.29 is 5.21 Å². The molecule has 0 radical (unpaired) electrons. The monoisotopic (exact) mass is 228 g/mol. The van der Waals surface area contributed by atoms with Gasteiger partial charge in [-0.1, -0.05) is 5.16 Å². The van der Waals surface area contributed by atoms with Gasteiger partial charge in [0.25, 0.3) is 0 Å². The van der Waals surface area contributed by atoms with Crippen LogP contribution in [0.5, 0.6) is 0 Å². The minimum absolute atomic E-state index is 0.306. The second-order valence-corrected chi connectivity index (χ2v) is 4.67. The Morgan fingerprint density at radius 3 is 2.69 bits per heavy atom. The molecular weight excluding hydrogens is 204 g/mol. The molecule has 0 bridgehead atoms. The Balaban J connectivity index is 2.19. The zero-order valence-corrected chi connectivity index (χ0v) is 10.4. The van der Waals surface area contributed by atoms with Crippen molar-refractivity contribution in [1.29, 1.82) is 0 Å². The van der Waals surface area contributed by atoms with E-state index in [2.05, 4.69) is 28.9 Å². The molecule has 1 aliphatic heterocycles. The molecule has 0 aliphatic carbocycles. The van der Waals surface area contributed by atoms with Crippen LogP contribution in [-0.2, 0) is 0 Å². The number of hydrogen-bond donors (Lipinski definition) is 2. The standard InChI is InChI=1S/C11H24N4O/c1-10(9-11(12)13-16)14(2)7-8-15-5-3-4-6-15/h10,16H,3-9H2,1-2H3,(H2,12,13). The minimum atomic E-state index is 0.306. The van der Waals surface area contributed by atoms with Crippen molar-refractivity contribution in [2.45, 2.75) is 32.2 Å². The molecule has 1 aliphatic rings. The number of hydrogen-bond acceptors (Lipinski definition) is 4. The first-order valence-corrected chi connectivity index (χ1v) is 6.02. The van der Waals surface area contributed by atoms with Gasteiger partial charge in [-0.2, -0.15) is 0 Å². The number of rotatable bonds is 6. The van der Waals surface area contributed by atoms with Crippen LogP contribution in [0, 0.1) is 0 Å². The predicted octanol–water partition coefficient (Wildman–Crippen LogP) is 0.539. The van der Waals surface area contributed by atoms with Crippen molar-refractivity contribution in [2.24, 2.45) is 10.9 Å². The molecule has 0 aromatic rings. The molecule has 5 nitrogen and oxygen atoms in total. The minimum Gasteiger partial charge on any atom is -0.409 e. The lowest BCUT2D eigenvalue weighted by Crippen LogP contribution is -2.38. The summed E-state index contributed by atoms with van der Waals surface area (Å²) in [4.78, 5) is 4.75. The van der Waals surface area contributed by atoms with E-state index in [-0.39, 0.29) is 0 Å². The van der Waals surface area contributed by atoms with Crippen LogP contribution < -0.4 is 5.73 Å². The zero-order valence-electron chi connectivity index (χ0n) is 10.4. The van der Waals surface area contributed by atoms with Gasteiger partial charge in [0.2, 0.25) is 0 Å². The van der Waals surface area contributed by atoms with Gasteiger partial charge in [-0.15, -0.1) is 0 Å². The van der Waals surface area contributed by atoms with Crippen LogP contribution in [-0.4, -0.2) is 60.1 Å². The van der Waals surface area contributed by atoms with E-state index >= 15 is 0 Å². The topological polar surface area (TPSA) is 65.1 Å². The van der Waals surface area contributed by atoms with Gasteiger partial charge in [-0.05, 0) is 39.9 Å². The van der Waals surface area contributed by atoms with E-state index < -0.39 is 0 Å². The highest BCUT2D eigenvalue weighted by Gasteiger charge is 2.15. The third-order valence-corrected chi connectivity index (χ3v) is 3.35. The van der Waals surface area contributed by atoms with Crippen molar-refractivity contribution >= 4 is 5.84 Å². The van der Waals surface area contributed by atoms with E-state index in [1.165, 1.54) is 25.9 Å². The Labute approximate surface area is 97.9 Å². The SMILES string of the molecule is CC(CC(N)=NO)N(C)CCN1CCCC1. The Kier molecular flexibility index (Phi) is 5.55. The maximum absolute atomic E-state index is 8.50. The van der Waals surface area contributed by atoms with Crippen molar-refractivity contribution in [2.75, 3.05) is 33.2 Å². The molecule has 0 aromatic carbocycles. The molecule has 0 aromatic heterocycles. The molecule has 1 rings (SSSR count). The fourth-order valence-electron chi connectivity index (χ4n) is 2.03. The van der Waals surface area contributed by atoms with Crippen LogP contribution in [0.1, 0.15) is 26.2 Å². The summed E-state index contributed by atoms with van der Waals surface area (Å²) in [5, 5.41) is 11.5. The third-order valence-electron chi connectivity index (χ3n) is 3.35. The molecule has 94 valence electrons. The lowest BCUT2D eigenvalue weighted by Gasteiger charge is -2.26. The van der Waals surface area contributed by atoms with Gasteiger partial charge < -0.3 is 20.7 Å². The molecule has 5 heteroatoms. The van der Waals surface area contributed by atoms with Gasteiger partial charge in [0.15, 0.2) is 0 Å². The van der Waals surface area contributed by atoms with Crippen molar-refractivity contribution in [1.82, 2.24) is 9.80 Å². The van der Waals surface area contributed by atoms with Crippen LogP contribution in [0.15, 0.2) is 5.16 Å². The summed E-state index contributed by atoms with van der Waals surface area (Å²) < 4.78 is 0. The number of amidine groups is 1. The van der Waals surface area contributed by atoms with E-state index in [0.717, 1.165) is 13.1 Å². The second kappa shape index (κ2) is 6.70. The van der Waals surface area contributed by atoms with Crippen molar-refractivity contribution in [3.05, 3.63) is 0 Å². The summed E-state index contributed by atoms with van der Waals surface area (Å²) in [5.74, 6) is 0.306. The van der Waals surface area contributed by atoms with Crippen molar-refractivity contribution in [3.8, 4) is 0 Å². The van der Waals surface area contributed by atoms with Gasteiger partial charge >= 0.3 is 0 Å². The fraction of sp³-hybridized carbons (Fsp3) is 0.909. The summed E-state index contributed by atoms with van der Waals surface area (Å²) in [6.07, 6.45) is 3.29. The summed E-state index contributed by atoms with van der Waals surface area (Å²) in [6.45, 7) is 6.74. The lowest BCUT2D eigenvalue weighted by atomic mass is 10.2. The molecule has 0 amide bonds. The normalized spacial score (nSPS) is 20.6. The van der Waals surface area contributed by atoms with Crippen molar-refractivity contribution in [3.63, 3.8) is 0 Å². The molecule has 1 saturated heterocycles. The molecule has 1 unspecified atom stereocenters. The lowest BCUT2D eigenvalue weighted by molar-refractivity contribution is 0.216. The van der Waals surface area contributed by atoms with E-state index in [0.29, 0.717) is 18.3 Å². The second-order valence-electron chi connectivity index (χ2n) is 4.67. The first-order valence-electron chi connectivity index (χ1n) is 6.02. The molecule has 0 spiro atoms. The zero-order chi connectivity index (χ0) is 12.0. The average molecular weight is 228 g/mol. The van der Waals surface area contributed by atoms with Crippen LogP contribution >= 0.6 is 0 Å². The average Bonchev–Trinajstić information content (AvgIpc) is 2.78. The van der Waals surface area contributed by atoms with Gasteiger partial charge in [0, 0.05) is 25.6 Å². The van der Waals surface area contributed by atoms with E-state index in [1.807, 2.05) is 0 Å². The largest absolute Gasteiger partial charge is 0.409 e. The summed E-state index contributed by atoms with van der Waals surface area (Å²) in [5.41, 5.74) is 5.49. The highest BCUT2D eigenvalue weighted by molar-refractivity contribution is 5.80. The Morgan fingerprint density at radius 2 is 2.12 bits per heavy atom. The molecule has 16 heavy (non-hydrogen) atoms. The highest BCUT2D eigenvalue weighted by Crippen LogP contribution is 2.07. The van der Waals surface area contributed by atoms with Gasteiger partial charge in [-0.3, -0.25) is 0 Å². The summed E-state index contributed by atoms with van der Waals surface area (Å²) in [7, 11) is 2.09. The highest BCUT2D eigenvalue weighted by atomic mass is 16.4. The maximum atomic E-state index is 8.50. The number of likely N-dealkylation sites (tertiary alicyclic amines) is 1. The Morgan fingerprint density at radius 1 is 1.50 bits per heavy atom. The van der Waals surface area contributed by atoms with Gasteiger partial charge in [0.1, 0.15) is 5.84 Å². The Hall–Kier alpha value is -0.810. The smallest absolute Gasteiger partial charge is 0.140 e. The quantitative estimate of drug-likeness (QED) is 0.301. The third kappa shape index (κ3) is 4.37. The maximum Gasteiger partial charge on any atom is 0.140 e. The van der Waals surface area contributed by atoms with E-state index in [1.54, 1.807) is 0 Å². The van der Waals surface area contributed by atoms with Crippen LogP contribution in [0.3, 0.4) is 0 Å². The predicted molar refractivity (Wildman–Crippen MR) is 65.8 cm³/mol. The number of nitrogens with two attached hydrogens (primary N) is 1. The first kappa shape index (κ1) is 13.3. The molecule has 1 atom stereocenters. The van der Waals surface area contributed by atoms with Crippen LogP contribution in [0.25, 0.3) is 0 Å². The van der Waals surface area contributed by atoms with Gasteiger partial charge in [-0.25, -0.2) is 0 Å². The van der Waals surface area contributed by atoms with Crippen LogP contribution in [0.4, 0.5) is 0 Å². The van der Waals surface area contributed by atoms with E-state index in [9.17, 15) is 0 Å². The van der Waals surface area contributed by atoms with E-state index in [4.69, 9.17) is 10.9 Å². The first-order chi connectivity index (χ1) is 7.63. The number of oxime groups is 1. The molecule has 3 N–H and O–H groups in total. The van der Waals surface area contributed by atoms with Crippen LogP contribution in [0.2, 0.25) is 0 Å². The Bertz CT molecular complexity index is 226. The van der Waals surface area contributed by atoms with Gasteiger partial charge in [0.05, 0.1) is 0 Å². The summed E-state index contributed by atoms with van der Waals surface area (Å²) in [6, 6.07) is 0.318. The summed E-state index contributed by atoms with van der Waals surface area (Å²) >= 11 is 0. The number of nitrogens with zero attached hydrogens (tertiary/aromatic N) is 3. The molecular formula is C11H24N4O. The number of likely N-dealkylation sites (N-methyl/N-ethyl adjacent to an activating group) is 1. The molecule has 0 saturated carbocycles. The fourth-order valence-corrected chi connectivity index (χ4v) is 2.03.